The average molecular weight is 295 g/mol. The van der Waals surface area contributed by atoms with E-state index in [9.17, 15) is 4.79 Å². The summed E-state index contributed by atoms with van der Waals surface area (Å²) in [7, 11) is 3.71. The normalized spacial score (nSPS) is 9.95. The van der Waals surface area contributed by atoms with Crippen molar-refractivity contribution < 1.29 is 4.79 Å². The second-order valence-electron chi connectivity index (χ2n) is 4.45. The molecule has 1 aromatic heterocycles. The molecule has 0 aliphatic rings. The molecular weight excluding hydrogens is 276 g/mol. The Hall–Kier alpha value is -1.85. The van der Waals surface area contributed by atoms with Gasteiger partial charge in [-0.3, -0.25) is 9.48 Å². The molecular formula is C14H19ClN4O. The molecule has 2 aromatic rings. The fourth-order valence-corrected chi connectivity index (χ4v) is 1.88. The number of rotatable bonds is 4. The van der Waals surface area contributed by atoms with Crippen LogP contribution in [0.1, 0.15) is 21.6 Å². The van der Waals surface area contributed by atoms with Gasteiger partial charge < -0.3 is 10.6 Å². The third-order valence-electron chi connectivity index (χ3n) is 3.05. The van der Waals surface area contributed by atoms with Crippen molar-refractivity contribution in [3.63, 3.8) is 0 Å². The Morgan fingerprint density at radius 3 is 2.75 bits per heavy atom. The number of aromatic nitrogens is 2. The highest BCUT2D eigenvalue weighted by Gasteiger charge is 2.12. The van der Waals surface area contributed by atoms with E-state index in [0.29, 0.717) is 5.56 Å². The van der Waals surface area contributed by atoms with Gasteiger partial charge in [0.15, 0.2) is 0 Å². The molecule has 0 atom stereocenters. The van der Waals surface area contributed by atoms with Crippen molar-refractivity contribution >= 4 is 24.0 Å². The molecule has 0 unspecified atom stereocenters. The quantitative estimate of drug-likeness (QED) is 0.908. The van der Waals surface area contributed by atoms with Crippen molar-refractivity contribution in [3.8, 4) is 0 Å². The SMILES string of the molecule is CNCc1cccc(NC(=O)c2cnn(C)c2C)c1.Cl. The predicted octanol–water partition coefficient (Wildman–Crippen LogP) is 2.12. The van der Waals surface area contributed by atoms with Crippen LogP contribution in [0.15, 0.2) is 30.5 Å². The first kappa shape index (κ1) is 16.2. The highest BCUT2D eigenvalue weighted by Crippen LogP contribution is 2.13. The van der Waals surface area contributed by atoms with E-state index in [-0.39, 0.29) is 18.3 Å². The summed E-state index contributed by atoms with van der Waals surface area (Å²) in [6, 6.07) is 7.78. The minimum absolute atomic E-state index is 0. The third-order valence-corrected chi connectivity index (χ3v) is 3.05. The topological polar surface area (TPSA) is 58.9 Å². The van der Waals surface area contributed by atoms with E-state index >= 15 is 0 Å². The minimum atomic E-state index is -0.132. The molecule has 0 spiro atoms. The van der Waals surface area contributed by atoms with Crippen LogP contribution < -0.4 is 10.6 Å². The maximum Gasteiger partial charge on any atom is 0.259 e. The Labute approximate surface area is 124 Å². The van der Waals surface area contributed by atoms with Crippen LogP contribution in [0.4, 0.5) is 5.69 Å². The second kappa shape index (κ2) is 7.07. The third kappa shape index (κ3) is 3.59. The Morgan fingerprint density at radius 2 is 2.15 bits per heavy atom. The first-order chi connectivity index (χ1) is 9.11. The molecule has 0 aliphatic heterocycles. The summed E-state index contributed by atoms with van der Waals surface area (Å²) in [6.07, 6.45) is 1.59. The zero-order valence-corrected chi connectivity index (χ0v) is 12.6. The van der Waals surface area contributed by atoms with Crippen molar-refractivity contribution in [1.82, 2.24) is 15.1 Å². The van der Waals surface area contributed by atoms with Crippen LogP contribution in [-0.4, -0.2) is 22.7 Å². The van der Waals surface area contributed by atoms with Gasteiger partial charge in [-0.25, -0.2) is 0 Å². The largest absolute Gasteiger partial charge is 0.322 e. The van der Waals surface area contributed by atoms with Crippen molar-refractivity contribution in [3.05, 3.63) is 47.3 Å². The molecule has 2 N–H and O–H groups in total. The van der Waals surface area contributed by atoms with Crippen molar-refractivity contribution in [2.45, 2.75) is 13.5 Å². The number of nitrogens with one attached hydrogen (secondary N) is 2. The fraction of sp³-hybridized carbons (Fsp3) is 0.286. The highest BCUT2D eigenvalue weighted by atomic mass is 35.5. The van der Waals surface area contributed by atoms with Gasteiger partial charge in [-0.05, 0) is 31.7 Å². The summed E-state index contributed by atoms with van der Waals surface area (Å²) >= 11 is 0. The van der Waals surface area contributed by atoms with Gasteiger partial charge in [-0.2, -0.15) is 5.10 Å². The smallest absolute Gasteiger partial charge is 0.259 e. The number of hydrogen-bond donors (Lipinski definition) is 2. The summed E-state index contributed by atoms with van der Waals surface area (Å²) < 4.78 is 1.69. The van der Waals surface area contributed by atoms with Crippen molar-refractivity contribution in [1.29, 1.82) is 0 Å². The van der Waals surface area contributed by atoms with Crippen molar-refractivity contribution in [2.24, 2.45) is 7.05 Å². The number of halogens is 1. The lowest BCUT2D eigenvalue weighted by atomic mass is 10.2. The van der Waals surface area contributed by atoms with Crippen LogP contribution in [0.3, 0.4) is 0 Å². The molecule has 0 aliphatic carbocycles. The van der Waals surface area contributed by atoms with Crippen LogP contribution in [0.2, 0.25) is 0 Å². The summed E-state index contributed by atoms with van der Waals surface area (Å²) in [5.41, 5.74) is 3.37. The number of carbonyl (C=O) groups is 1. The van der Waals surface area contributed by atoms with E-state index in [2.05, 4.69) is 15.7 Å². The molecule has 0 fully saturated rings. The lowest BCUT2D eigenvalue weighted by molar-refractivity contribution is 0.102. The standard InChI is InChI=1S/C14H18N4O.ClH/c1-10-13(9-16-18(10)3)14(19)17-12-6-4-5-11(7-12)8-15-2;/h4-7,9,15H,8H2,1-3H3,(H,17,19);1H. The van der Waals surface area contributed by atoms with Crippen LogP contribution in [-0.2, 0) is 13.6 Å². The molecule has 2 rings (SSSR count). The molecule has 1 aromatic carbocycles. The van der Waals surface area contributed by atoms with Gasteiger partial charge >= 0.3 is 0 Å². The number of carbonyl (C=O) groups excluding carboxylic acids is 1. The first-order valence-electron chi connectivity index (χ1n) is 6.15. The highest BCUT2D eigenvalue weighted by molar-refractivity contribution is 6.04. The van der Waals surface area contributed by atoms with Gasteiger partial charge in [0.2, 0.25) is 0 Å². The maximum atomic E-state index is 12.1. The zero-order chi connectivity index (χ0) is 13.8. The Morgan fingerprint density at radius 1 is 1.40 bits per heavy atom. The second-order valence-corrected chi connectivity index (χ2v) is 4.45. The minimum Gasteiger partial charge on any atom is -0.322 e. The van der Waals surface area contributed by atoms with Crippen LogP contribution in [0.5, 0.6) is 0 Å². The van der Waals surface area contributed by atoms with Gasteiger partial charge in [0.25, 0.3) is 5.91 Å². The molecule has 0 saturated heterocycles. The van der Waals surface area contributed by atoms with Gasteiger partial charge in [0.05, 0.1) is 11.8 Å². The van der Waals surface area contributed by atoms with E-state index in [1.54, 1.807) is 10.9 Å². The predicted molar refractivity (Wildman–Crippen MR) is 82.4 cm³/mol. The summed E-state index contributed by atoms with van der Waals surface area (Å²) in [4.78, 5) is 12.1. The zero-order valence-electron chi connectivity index (χ0n) is 11.8. The molecule has 0 radical (unpaired) electrons. The van der Waals surface area contributed by atoms with Crippen LogP contribution in [0, 0.1) is 6.92 Å². The maximum absolute atomic E-state index is 12.1. The Kier molecular flexibility index (Phi) is 5.73. The molecule has 1 heterocycles. The van der Waals surface area contributed by atoms with Crippen LogP contribution >= 0.6 is 12.4 Å². The van der Waals surface area contributed by atoms with Gasteiger partial charge in [0.1, 0.15) is 0 Å². The average Bonchev–Trinajstić information content (AvgIpc) is 2.71. The molecule has 108 valence electrons. The number of anilines is 1. The van der Waals surface area contributed by atoms with Gasteiger partial charge in [0, 0.05) is 25.0 Å². The van der Waals surface area contributed by atoms with E-state index in [0.717, 1.165) is 23.5 Å². The summed E-state index contributed by atoms with van der Waals surface area (Å²) in [5.74, 6) is -0.132. The van der Waals surface area contributed by atoms with Gasteiger partial charge in [-0.1, -0.05) is 12.1 Å². The first-order valence-corrected chi connectivity index (χ1v) is 6.15. The fourth-order valence-electron chi connectivity index (χ4n) is 1.88. The van der Waals surface area contributed by atoms with E-state index in [4.69, 9.17) is 0 Å². The number of amides is 1. The number of hydrogen-bond acceptors (Lipinski definition) is 3. The monoisotopic (exact) mass is 294 g/mol. The summed E-state index contributed by atoms with van der Waals surface area (Å²) in [6.45, 7) is 2.65. The number of aryl methyl sites for hydroxylation is 1. The Balaban J connectivity index is 0.00000200. The molecule has 5 nitrogen and oxygen atoms in total. The number of benzene rings is 1. The number of nitrogens with zero attached hydrogens (tertiary/aromatic N) is 2. The molecule has 20 heavy (non-hydrogen) atoms. The van der Waals surface area contributed by atoms with Crippen molar-refractivity contribution in [2.75, 3.05) is 12.4 Å². The van der Waals surface area contributed by atoms with E-state index in [1.807, 2.05) is 45.3 Å². The van der Waals surface area contributed by atoms with Gasteiger partial charge in [-0.15, -0.1) is 12.4 Å². The lowest BCUT2D eigenvalue weighted by Crippen LogP contribution is -2.13. The van der Waals surface area contributed by atoms with E-state index < -0.39 is 0 Å². The summed E-state index contributed by atoms with van der Waals surface area (Å²) in [5, 5.41) is 10.0. The Bertz CT molecular complexity index is 595. The molecule has 1 amide bonds. The van der Waals surface area contributed by atoms with E-state index in [1.165, 1.54) is 0 Å². The van der Waals surface area contributed by atoms with Crippen LogP contribution in [0.25, 0.3) is 0 Å². The molecule has 6 heteroatoms. The molecule has 0 bridgehead atoms. The lowest BCUT2D eigenvalue weighted by Gasteiger charge is -2.07. The molecule has 0 saturated carbocycles.